The summed E-state index contributed by atoms with van der Waals surface area (Å²) in [5, 5.41) is -0.425. The Morgan fingerprint density at radius 3 is 2.65 bits per heavy atom. The largest absolute Gasteiger partial charge is 0.379 e. The van der Waals surface area contributed by atoms with Gasteiger partial charge >= 0.3 is 0 Å². The number of nitrogens with zero attached hydrogens (tertiary/aromatic N) is 2. The first-order valence-corrected chi connectivity index (χ1v) is 9.62. The number of morpholine rings is 1. The molecule has 6 heteroatoms. The van der Waals surface area contributed by atoms with E-state index in [-0.39, 0.29) is 5.41 Å². The van der Waals surface area contributed by atoms with Crippen LogP contribution in [0.2, 0.25) is 0 Å². The first-order chi connectivity index (χ1) is 11.0. The van der Waals surface area contributed by atoms with Crippen LogP contribution in [0, 0.1) is 5.41 Å². The van der Waals surface area contributed by atoms with Crippen molar-refractivity contribution >= 4 is 16.2 Å². The maximum atomic E-state index is 13.2. The Bertz CT molecular complexity index is 654. The highest BCUT2D eigenvalue weighted by Gasteiger charge is 2.46. The fourth-order valence-corrected chi connectivity index (χ4v) is 5.75. The zero-order valence-corrected chi connectivity index (χ0v) is 14.3. The lowest BCUT2D eigenvalue weighted by Crippen LogP contribution is -2.53. The Balaban J connectivity index is 1.87. The van der Waals surface area contributed by atoms with Crippen molar-refractivity contribution < 1.29 is 13.2 Å². The Morgan fingerprint density at radius 2 is 1.96 bits per heavy atom. The van der Waals surface area contributed by atoms with Gasteiger partial charge in [0.05, 0.1) is 18.5 Å². The van der Waals surface area contributed by atoms with Crippen LogP contribution in [0.3, 0.4) is 0 Å². The minimum atomic E-state index is -3.35. The van der Waals surface area contributed by atoms with E-state index < -0.39 is 15.3 Å². The van der Waals surface area contributed by atoms with Gasteiger partial charge in [0.15, 0.2) is 0 Å². The van der Waals surface area contributed by atoms with Crippen molar-refractivity contribution in [2.24, 2.45) is 10.4 Å². The molecule has 2 heterocycles. The summed E-state index contributed by atoms with van der Waals surface area (Å²) >= 11 is 0. The Labute approximate surface area is 138 Å². The van der Waals surface area contributed by atoms with Gasteiger partial charge in [-0.25, -0.2) is 8.42 Å². The van der Waals surface area contributed by atoms with E-state index in [0.29, 0.717) is 39.3 Å². The number of hydrogen-bond donors (Lipinski definition) is 0. The van der Waals surface area contributed by atoms with Crippen LogP contribution < -0.4 is 0 Å². The van der Waals surface area contributed by atoms with Crippen LogP contribution in [0.5, 0.6) is 0 Å². The Kier molecular flexibility index (Phi) is 4.85. The number of ether oxygens (including phenoxy) is 1. The van der Waals surface area contributed by atoms with Gasteiger partial charge in [0, 0.05) is 37.7 Å². The topological polar surface area (TPSA) is 59.0 Å². The summed E-state index contributed by atoms with van der Waals surface area (Å²) in [4.78, 5) is 4.40. The molecule has 3 rings (SSSR count). The van der Waals surface area contributed by atoms with E-state index in [1.54, 1.807) is 10.5 Å². The standard InChI is InChI=1S/C17H24N2O3S/c1-17(13-15-5-3-2-4-6-15)14-18-8-7-16(17)23(20,21)19-9-11-22-12-10-19/h2-6,8,16H,7,9-14H2,1H3/t16?,17-/m1/s1. The normalized spacial score (nSPS) is 29.5. The minimum absolute atomic E-state index is 0.382. The van der Waals surface area contributed by atoms with E-state index in [4.69, 9.17) is 4.74 Å². The Hall–Kier alpha value is -1.24. The fourth-order valence-electron chi connectivity index (χ4n) is 3.52. The summed E-state index contributed by atoms with van der Waals surface area (Å²) < 4.78 is 33.2. The summed E-state index contributed by atoms with van der Waals surface area (Å²) in [7, 11) is -3.35. The van der Waals surface area contributed by atoms with Gasteiger partial charge in [-0.3, -0.25) is 4.99 Å². The smallest absolute Gasteiger partial charge is 0.218 e. The van der Waals surface area contributed by atoms with Crippen LogP contribution in [0.1, 0.15) is 18.9 Å². The zero-order chi connectivity index (χ0) is 16.3. The summed E-state index contributed by atoms with van der Waals surface area (Å²) in [5.74, 6) is 0. The van der Waals surface area contributed by atoms with Gasteiger partial charge in [-0.1, -0.05) is 37.3 Å². The number of sulfonamides is 1. The van der Waals surface area contributed by atoms with E-state index in [0.717, 1.165) is 12.0 Å². The SMILES string of the molecule is C[C@@]1(Cc2ccccc2)CN=CCC1S(=O)(=O)N1CCOCC1. The van der Waals surface area contributed by atoms with E-state index in [2.05, 4.69) is 24.0 Å². The maximum Gasteiger partial charge on any atom is 0.218 e. The highest BCUT2D eigenvalue weighted by Crippen LogP contribution is 2.37. The average molecular weight is 336 g/mol. The van der Waals surface area contributed by atoms with Crippen LogP contribution in [0.4, 0.5) is 0 Å². The molecule has 2 aliphatic heterocycles. The van der Waals surface area contributed by atoms with Gasteiger partial charge in [0.25, 0.3) is 0 Å². The third-order valence-corrected chi connectivity index (χ3v) is 7.38. The molecule has 1 unspecified atom stereocenters. The highest BCUT2D eigenvalue weighted by molar-refractivity contribution is 7.89. The summed E-state index contributed by atoms with van der Waals surface area (Å²) in [6, 6.07) is 10.1. The van der Waals surface area contributed by atoms with Crippen molar-refractivity contribution in [2.45, 2.75) is 25.0 Å². The molecule has 0 radical (unpaired) electrons. The van der Waals surface area contributed by atoms with Crippen LogP contribution >= 0.6 is 0 Å². The van der Waals surface area contributed by atoms with Gasteiger partial charge < -0.3 is 4.74 Å². The van der Waals surface area contributed by atoms with Gasteiger partial charge in [0.1, 0.15) is 0 Å². The second kappa shape index (κ2) is 6.71. The number of rotatable bonds is 4. The van der Waals surface area contributed by atoms with Crippen molar-refractivity contribution in [3.05, 3.63) is 35.9 Å². The predicted octanol–water partition coefficient (Wildman–Crippen LogP) is 1.74. The van der Waals surface area contributed by atoms with Gasteiger partial charge in [-0.05, 0) is 12.0 Å². The molecule has 1 saturated heterocycles. The highest BCUT2D eigenvalue weighted by atomic mass is 32.2. The van der Waals surface area contributed by atoms with Crippen LogP contribution in [-0.4, -0.2) is 57.0 Å². The quantitative estimate of drug-likeness (QED) is 0.841. The van der Waals surface area contributed by atoms with Crippen molar-refractivity contribution in [3.8, 4) is 0 Å². The van der Waals surface area contributed by atoms with Crippen molar-refractivity contribution in [1.29, 1.82) is 0 Å². The average Bonchev–Trinajstić information content (AvgIpc) is 2.56. The van der Waals surface area contributed by atoms with E-state index in [9.17, 15) is 8.42 Å². The van der Waals surface area contributed by atoms with Crippen LogP contribution in [-0.2, 0) is 21.2 Å². The summed E-state index contributed by atoms with van der Waals surface area (Å²) in [6.07, 6.45) is 2.98. The molecule has 126 valence electrons. The van der Waals surface area contributed by atoms with E-state index in [1.165, 1.54) is 0 Å². The first kappa shape index (κ1) is 16.6. The van der Waals surface area contributed by atoms with E-state index in [1.807, 2.05) is 18.2 Å². The maximum absolute atomic E-state index is 13.2. The molecule has 0 saturated carbocycles. The molecule has 23 heavy (non-hydrogen) atoms. The molecule has 2 atom stereocenters. The van der Waals surface area contributed by atoms with Gasteiger partial charge in [-0.15, -0.1) is 0 Å². The van der Waals surface area contributed by atoms with Gasteiger partial charge in [0.2, 0.25) is 10.0 Å². The fraction of sp³-hybridized carbons (Fsp3) is 0.588. The van der Waals surface area contributed by atoms with Crippen molar-refractivity contribution in [3.63, 3.8) is 0 Å². The molecule has 1 aromatic carbocycles. The second-order valence-corrected chi connectivity index (χ2v) is 8.74. The molecule has 2 aliphatic rings. The van der Waals surface area contributed by atoms with Crippen molar-refractivity contribution in [2.75, 3.05) is 32.8 Å². The molecule has 0 spiro atoms. The molecule has 5 nitrogen and oxygen atoms in total. The zero-order valence-electron chi connectivity index (χ0n) is 13.5. The molecular weight excluding hydrogens is 312 g/mol. The molecule has 0 aliphatic carbocycles. The number of aliphatic imine (C=N–C) groups is 1. The lowest BCUT2D eigenvalue weighted by atomic mass is 9.78. The monoisotopic (exact) mass is 336 g/mol. The van der Waals surface area contributed by atoms with Crippen LogP contribution in [0.25, 0.3) is 0 Å². The first-order valence-electron chi connectivity index (χ1n) is 8.11. The lowest BCUT2D eigenvalue weighted by Gasteiger charge is -2.41. The number of benzene rings is 1. The van der Waals surface area contributed by atoms with Crippen LogP contribution in [0.15, 0.2) is 35.3 Å². The third kappa shape index (κ3) is 3.49. The minimum Gasteiger partial charge on any atom is -0.379 e. The molecule has 0 bridgehead atoms. The van der Waals surface area contributed by atoms with Crippen molar-refractivity contribution in [1.82, 2.24) is 4.31 Å². The summed E-state index contributed by atoms with van der Waals surface area (Å²) in [6.45, 7) is 4.48. The molecule has 1 fully saturated rings. The molecule has 1 aromatic rings. The molecule has 0 N–H and O–H groups in total. The molecular formula is C17H24N2O3S. The Morgan fingerprint density at radius 1 is 1.26 bits per heavy atom. The second-order valence-electron chi connectivity index (χ2n) is 6.62. The third-order valence-electron chi connectivity index (χ3n) is 4.82. The lowest BCUT2D eigenvalue weighted by molar-refractivity contribution is 0.0716. The van der Waals surface area contributed by atoms with E-state index >= 15 is 0 Å². The summed E-state index contributed by atoms with van der Waals surface area (Å²) in [5.41, 5.74) is 0.780. The number of hydrogen-bond acceptors (Lipinski definition) is 4. The molecule has 0 amide bonds. The predicted molar refractivity (Wildman–Crippen MR) is 91.3 cm³/mol. The van der Waals surface area contributed by atoms with Gasteiger partial charge in [-0.2, -0.15) is 4.31 Å². The molecule has 0 aromatic heterocycles.